The van der Waals surface area contributed by atoms with Gasteiger partial charge in [0.15, 0.2) is 6.04 Å². The molecule has 21 heavy (non-hydrogen) atoms. The summed E-state index contributed by atoms with van der Waals surface area (Å²) in [6.45, 7) is 0.539. The normalized spacial score (nSPS) is 12.1. The van der Waals surface area contributed by atoms with Crippen LogP contribution in [0.1, 0.15) is 18.2 Å². The average Bonchev–Trinajstić information content (AvgIpc) is 2.92. The van der Waals surface area contributed by atoms with Crippen LogP contribution in [0.15, 0.2) is 34.9 Å². The molecule has 0 spiro atoms. The highest BCUT2D eigenvalue weighted by Crippen LogP contribution is 2.25. The second-order valence-electron chi connectivity index (χ2n) is 4.38. The molecule has 0 saturated carbocycles. The highest BCUT2D eigenvalue weighted by molar-refractivity contribution is 9.10. The maximum atomic E-state index is 11.4. The zero-order valence-electron chi connectivity index (χ0n) is 11.1. The van der Waals surface area contributed by atoms with Crippen molar-refractivity contribution >= 4 is 27.6 Å². The Balaban J connectivity index is 2.17. The molecule has 0 aliphatic heterocycles. The number of carboxylic acids is 1. The van der Waals surface area contributed by atoms with Gasteiger partial charge in [0, 0.05) is 23.3 Å². The number of halogens is 1. The number of carbonyl (C=O) groups is 1. The lowest BCUT2D eigenvalue weighted by atomic mass is 10.2. The van der Waals surface area contributed by atoms with Gasteiger partial charge in [-0.15, -0.1) is 5.10 Å². The Labute approximate surface area is 129 Å². The number of aliphatic carboxylic acids is 1. The Bertz CT molecular complexity index is 617. The number of carboxylic acid groups (broad SMARTS) is 1. The summed E-state index contributed by atoms with van der Waals surface area (Å²) in [6, 6.07) is 6.25. The zero-order chi connectivity index (χ0) is 15.2. The van der Waals surface area contributed by atoms with Crippen molar-refractivity contribution in [1.29, 1.82) is 0 Å². The van der Waals surface area contributed by atoms with Gasteiger partial charge in [-0.3, -0.25) is 4.68 Å². The number of aliphatic hydroxyl groups excluding tert-OH is 1. The van der Waals surface area contributed by atoms with Gasteiger partial charge in [-0.25, -0.2) is 4.79 Å². The molecule has 0 radical (unpaired) electrons. The highest BCUT2D eigenvalue weighted by Gasteiger charge is 2.23. The monoisotopic (exact) mass is 354 g/mol. The Hall–Kier alpha value is -1.93. The molecule has 1 heterocycles. The molecule has 7 nitrogen and oxygen atoms in total. The van der Waals surface area contributed by atoms with Gasteiger partial charge in [0.25, 0.3) is 0 Å². The molecule has 3 N–H and O–H groups in total. The number of aryl methyl sites for hydroxylation is 1. The first-order valence-corrected chi connectivity index (χ1v) is 7.16. The second kappa shape index (κ2) is 7.19. The molecule has 0 aliphatic rings. The average molecular weight is 355 g/mol. The van der Waals surface area contributed by atoms with Gasteiger partial charge in [0.1, 0.15) is 5.69 Å². The predicted octanol–water partition coefficient (Wildman–Crippen LogP) is 1.66. The van der Waals surface area contributed by atoms with Crippen LogP contribution >= 0.6 is 15.9 Å². The molecule has 1 aromatic heterocycles. The molecular formula is C13H15BrN4O3. The fourth-order valence-electron chi connectivity index (χ4n) is 1.78. The first-order chi connectivity index (χ1) is 10.1. The number of nitrogens with one attached hydrogen (secondary N) is 1. The number of aromatic nitrogens is 3. The Morgan fingerprint density at radius 1 is 1.43 bits per heavy atom. The topological polar surface area (TPSA) is 100 Å². The molecule has 0 bridgehead atoms. The molecular weight excluding hydrogens is 340 g/mol. The molecule has 1 atom stereocenters. The van der Waals surface area contributed by atoms with Crippen LogP contribution in [0.2, 0.25) is 0 Å². The standard InChI is InChI=1S/C13H15BrN4O3/c14-9-4-1-2-5-10(9)15-12(13(20)21)11-8-18(17-16-11)6-3-7-19/h1-2,4-5,8,12,15,19H,3,6-7H2,(H,20,21). The van der Waals surface area contributed by atoms with Gasteiger partial charge in [-0.2, -0.15) is 0 Å². The van der Waals surface area contributed by atoms with Crippen molar-refractivity contribution in [1.82, 2.24) is 15.0 Å². The number of hydrogen-bond donors (Lipinski definition) is 3. The van der Waals surface area contributed by atoms with Crippen LogP contribution in [-0.2, 0) is 11.3 Å². The van der Waals surface area contributed by atoms with E-state index >= 15 is 0 Å². The third-order valence-corrected chi connectivity index (χ3v) is 3.51. The van der Waals surface area contributed by atoms with Crippen LogP contribution < -0.4 is 5.32 Å². The Morgan fingerprint density at radius 2 is 2.19 bits per heavy atom. The van der Waals surface area contributed by atoms with Crippen molar-refractivity contribution in [3.8, 4) is 0 Å². The molecule has 0 fully saturated rings. The van der Waals surface area contributed by atoms with Crippen molar-refractivity contribution < 1.29 is 15.0 Å². The van der Waals surface area contributed by atoms with Gasteiger partial charge in [-0.1, -0.05) is 17.3 Å². The molecule has 0 amide bonds. The van der Waals surface area contributed by atoms with Gasteiger partial charge in [0.05, 0.1) is 6.20 Å². The summed E-state index contributed by atoms with van der Waals surface area (Å²) >= 11 is 3.36. The first-order valence-electron chi connectivity index (χ1n) is 6.36. The minimum atomic E-state index is -1.04. The van der Waals surface area contributed by atoms with E-state index in [4.69, 9.17) is 5.11 Å². The number of anilines is 1. The van der Waals surface area contributed by atoms with Crippen LogP contribution in [-0.4, -0.2) is 37.8 Å². The second-order valence-corrected chi connectivity index (χ2v) is 5.23. The SMILES string of the molecule is O=C(O)C(Nc1ccccc1Br)c1cn(CCCO)nn1. The number of hydrogen-bond acceptors (Lipinski definition) is 5. The van der Waals surface area contributed by atoms with Crippen molar-refractivity contribution in [3.05, 3.63) is 40.6 Å². The number of nitrogens with zero attached hydrogens (tertiary/aromatic N) is 3. The Kier molecular flexibility index (Phi) is 5.29. The highest BCUT2D eigenvalue weighted by atomic mass is 79.9. The fraction of sp³-hybridized carbons (Fsp3) is 0.308. The first kappa shape index (κ1) is 15.5. The smallest absolute Gasteiger partial charge is 0.332 e. The van der Waals surface area contributed by atoms with Crippen molar-refractivity contribution in [2.24, 2.45) is 0 Å². The van der Waals surface area contributed by atoms with Gasteiger partial charge in [0.2, 0.25) is 0 Å². The van der Waals surface area contributed by atoms with E-state index in [1.165, 1.54) is 4.68 Å². The summed E-state index contributed by atoms with van der Waals surface area (Å²) in [7, 11) is 0. The minimum absolute atomic E-state index is 0.0484. The van der Waals surface area contributed by atoms with Gasteiger partial charge in [-0.05, 0) is 34.5 Å². The summed E-state index contributed by atoms with van der Waals surface area (Å²) in [4.78, 5) is 11.4. The molecule has 0 aliphatic carbocycles. The predicted molar refractivity (Wildman–Crippen MR) is 79.9 cm³/mol. The number of para-hydroxylation sites is 1. The van der Waals surface area contributed by atoms with Crippen molar-refractivity contribution in [2.75, 3.05) is 11.9 Å². The van der Waals surface area contributed by atoms with E-state index in [0.717, 1.165) is 4.47 Å². The van der Waals surface area contributed by atoms with Crippen LogP contribution in [0.25, 0.3) is 0 Å². The number of aliphatic hydroxyl groups is 1. The lowest BCUT2D eigenvalue weighted by Crippen LogP contribution is -2.21. The molecule has 1 unspecified atom stereocenters. The fourth-order valence-corrected chi connectivity index (χ4v) is 2.18. The molecule has 2 rings (SSSR count). The van der Waals surface area contributed by atoms with E-state index in [-0.39, 0.29) is 6.61 Å². The summed E-state index contributed by atoms with van der Waals surface area (Å²) in [5.74, 6) is -1.04. The van der Waals surface area contributed by atoms with E-state index in [2.05, 4.69) is 31.6 Å². The summed E-state index contributed by atoms with van der Waals surface area (Å²) in [5.41, 5.74) is 0.978. The molecule has 2 aromatic rings. The van der Waals surface area contributed by atoms with Crippen LogP contribution in [0, 0.1) is 0 Å². The van der Waals surface area contributed by atoms with Gasteiger partial charge >= 0.3 is 5.97 Å². The summed E-state index contributed by atoms with van der Waals surface area (Å²) in [6.07, 6.45) is 2.11. The van der Waals surface area contributed by atoms with Gasteiger partial charge < -0.3 is 15.5 Å². The van der Waals surface area contributed by atoms with Crippen molar-refractivity contribution in [3.63, 3.8) is 0 Å². The van der Waals surface area contributed by atoms with Crippen LogP contribution in [0.3, 0.4) is 0 Å². The quantitative estimate of drug-likeness (QED) is 0.699. The minimum Gasteiger partial charge on any atom is -0.479 e. The third-order valence-electron chi connectivity index (χ3n) is 2.82. The molecule has 112 valence electrons. The number of benzene rings is 1. The van der Waals surface area contributed by atoms with E-state index < -0.39 is 12.0 Å². The van der Waals surface area contributed by atoms with Crippen LogP contribution in [0.4, 0.5) is 5.69 Å². The largest absolute Gasteiger partial charge is 0.479 e. The Morgan fingerprint density at radius 3 is 2.86 bits per heavy atom. The van der Waals surface area contributed by atoms with E-state index in [0.29, 0.717) is 24.3 Å². The van der Waals surface area contributed by atoms with E-state index in [1.807, 2.05) is 18.2 Å². The number of rotatable bonds is 7. The lowest BCUT2D eigenvalue weighted by molar-refractivity contribution is -0.138. The van der Waals surface area contributed by atoms with Crippen molar-refractivity contribution in [2.45, 2.75) is 19.0 Å². The maximum absolute atomic E-state index is 11.4. The van der Waals surface area contributed by atoms with E-state index in [9.17, 15) is 9.90 Å². The zero-order valence-corrected chi connectivity index (χ0v) is 12.7. The molecule has 1 aromatic carbocycles. The molecule has 8 heteroatoms. The van der Waals surface area contributed by atoms with Crippen LogP contribution in [0.5, 0.6) is 0 Å². The third kappa shape index (κ3) is 4.02. The lowest BCUT2D eigenvalue weighted by Gasteiger charge is -2.14. The van der Waals surface area contributed by atoms with E-state index in [1.54, 1.807) is 12.3 Å². The summed E-state index contributed by atoms with van der Waals surface area (Å²) < 4.78 is 2.28. The molecule has 0 saturated heterocycles. The summed E-state index contributed by atoms with van der Waals surface area (Å²) in [5, 5.41) is 28.8. The maximum Gasteiger partial charge on any atom is 0.332 e.